The van der Waals surface area contributed by atoms with Gasteiger partial charge in [-0.05, 0) is 62.6 Å². The van der Waals surface area contributed by atoms with Crippen LogP contribution < -0.4 is 9.97 Å². The summed E-state index contributed by atoms with van der Waals surface area (Å²) in [4.78, 5) is 35.2. The first-order valence-electron chi connectivity index (χ1n) is 11.4. The van der Waals surface area contributed by atoms with E-state index in [1.165, 1.54) is 13.2 Å². The lowest BCUT2D eigenvalue weighted by Crippen LogP contribution is -2.36. The number of hydrogen-bond acceptors (Lipinski definition) is 7. The van der Waals surface area contributed by atoms with Gasteiger partial charge in [0.25, 0.3) is 0 Å². The number of aromatic carboxylic acids is 1. The van der Waals surface area contributed by atoms with Gasteiger partial charge < -0.3 is 24.8 Å². The maximum atomic E-state index is 12.7. The third-order valence-corrected chi connectivity index (χ3v) is 6.52. The molecule has 1 saturated carbocycles. The van der Waals surface area contributed by atoms with Crippen LogP contribution in [-0.2, 0) is 20.7 Å². The van der Waals surface area contributed by atoms with Crippen LogP contribution in [0.2, 0.25) is 5.82 Å². The van der Waals surface area contributed by atoms with Crippen molar-refractivity contribution >= 4 is 24.8 Å². The van der Waals surface area contributed by atoms with Gasteiger partial charge in [-0.2, -0.15) is 0 Å². The molecule has 9 heteroatoms. The fourth-order valence-corrected chi connectivity index (χ4v) is 4.74. The molecule has 1 fully saturated rings. The van der Waals surface area contributed by atoms with Gasteiger partial charge in [0.1, 0.15) is 11.5 Å². The number of carbonyl (C=O) groups excluding carboxylic acids is 2. The molecule has 0 unspecified atom stereocenters. The van der Waals surface area contributed by atoms with Gasteiger partial charge in [0.05, 0.1) is 12.7 Å². The summed E-state index contributed by atoms with van der Waals surface area (Å²) in [6.07, 6.45) is 6.31. The lowest BCUT2D eigenvalue weighted by atomic mass is 9.64. The van der Waals surface area contributed by atoms with Crippen LogP contribution in [0.1, 0.15) is 67.3 Å². The highest BCUT2D eigenvalue weighted by atomic mass is 16.5. The molecule has 8 nitrogen and oxygen atoms in total. The highest BCUT2D eigenvalue weighted by molar-refractivity contribution is 6.47. The number of nitrogens with one attached hydrogen (secondary N) is 1. The topological polar surface area (TPSA) is 122 Å². The second-order valence-corrected chi connectivity index (χ2v) is 8.87. The summed E-state index contributed by atoms with van der Waals surface area (Å²) >= 11 is 0. The molecule has 2 aliphatic rings. The van der Waals surface area contributed by atoms with Crippen LogP contribution in [0.3, 0.4) is 0 Å². The number of para-hydroxylation sites is 1. The van der Waals surface area contributed by atoms with E-state index in [0.29, 0.717) is 36.8 Å². The fourth-order valence-electron chi connectivity index (χ4n) is 4.74. The first-order chi connectivity index (χ1) is 15.4. The lowest BCUT2D eigenvalue weighted by molar-refractivity contribution is -0.140. The maximum Gasteiger partial charge on any atom is 0.526 e. The van der Waals surface area contributed by atoms with Crippen molar-refractivity contribution < 1.29 is 33.9 Å². The van der Waals surface area contributed by atoms with E-state index < -0.39 is 13.1 Å². The molecule has 3 N–H and O–H groups in total. The second-order valence-electron chi connectivity index (χ2n) is 8.87. The predicted octanol–water partition coefficient (Wildman–Crippen LogP) is 2.62. The Morgan fingerprint density at radius 3 is 2.62 bits per heavy atom. The van der Waals surface area contributed by atoms with E-state index in [4.69, 9.17) is 4.65 Å². The summed E-state index contributed by atoms with van der Waals surface area (Å²) in [5.74, 6) is -0.987. The molecule has 0 aromatic heterocycles. The van der Waals surface area contributed by atoms with Gasteiger partial charge in [0, 0.05) is 31.1 Å². The van der Waals surface area contributed by atoms with Crippen LogP contribution >= 0.6 is 0 Å². The van der Waals surface area contributed by atoms with Gasteiger partial charge in [-0.25, -0.2) is 4.79 Å². The van der Waals surface area contributed by atoms with E-state index in [1.807, 2.05) is 0 Å². The molecule has 174 valence electrons. The Balaban J connectivity index is 1.40. The van der Waals surface area contributed by atoms with Crippen molar-refractivity contribution in [3.8, 4) is 5.75 Å². The molecular weight excluding hydrogens is 413 g/mol. The van der Waals surface area contributed by atoms with Crippen LogP contribution in [0.25, 0.3) is 0 Å². The van der Waals surface area contributed by atoms with E-state index in [0.717, 1.165) is 38.6 Å². The molecule has 3 rings (SSSR count). The molecule has 0 spiro atoms. The molecule has 1 aromatic carbocycles. The Morgan fingerprint density at radius 1 is 1.19 bits per heavy atom. The third kappa shape index (κ3) is 6.56. The van der Waals surface area contributed by atoms with Gasteiger partial charge in [-0.15, -0.1) is 0 Å². The summed E-state index contributed by atoms with van der Waals surface area (Å²) in [5, 5.41) is 23.1. The third-order valence-electron chi connectivity index (χ3n) is 6.52. The highest BCUT2D eigenvalue weighted by Gasteiger charge is 2.38. The zero-order chi connectivity index (χ0) is 23.1. The van der Waals surface area contributed by atoms with Crippen LogP contribution in [0, 0.1) is 5.92 Å². The Bertz CT molecular complexity index is 823. The zero-order valence-electron chi connectivity index (χ0n) is 18.5. The van der Waals surface area contributed by atoms with Crippen LogP contribution in [0.5, 0.6) is 5.75 Å². The Labute approximate surface area is 188 Å². The maximum absolute atomic E-state index is 12.7. The lowest BCUT2D eigenvalue weighted by Gasteiger charge is -2.30. The van der Waals surface area contributed by atoms with E-state index >= 15 is 0 Å². The molecule has 1 aromatic rings. The summed E-state index contributed by atoms with van der Waals surface area (Å²) in [7, 11) is 0.214. The molecule has 0 amide bonds. The predicted molar refractivity (Wildman–Crippen MR) is 119 cm³/mol. The van der Waals surface area contributed by atoms with E-state index in [-0.39, 0.29) is 35.3 Å². The first kappa shape index (κ1) is 24.3. The molecule has 1 aliphatic heterocycles. The van der Waals surface area contributed by atoms with Crippen molar-refractivity contribution in [1.29, 1.82) is 0 Å². The Kier molecular flexibility index (Phi) is 8.70. The normalized spacial score (nSPS) is 22.6. The molecular formula is C23H32BNO7. The quantitative estimate of drug-likeness (QED) is 0.286. The van der Waals surface area contributed by atoms with Crippen molar-refractivity contribution in [2.24, 2.45) is 5.92 Å². The second kappa shape index (κ2) is 11.5. The molecule has 0 saturated heterocycles. The fraction of sp³-hybridized carbons (Fsp3) is 0.609. The number of ketones is 1. The summed E-state index contributed by atoms with van der Waals surface area (Å²) < 4.78 is 10.1. The minimum Gasteiger partial charge on any atom is -0.535 e. The monoisotopic (exact) mass is 445 g/mol. The zero-order valence-corrected chi connectivity index (χ0v) is 18.5. The highest BCUT2D eigenvalue weighted by Crippen LogP contribution is 2.37. The number of Topliss-reactive ketones (excluding diaryl/α,β-unsaturated/α-hetero) is 1. The van der Waals surface area contributed by atoms with E-state index in [1.54, 1.807) is 12.1 Å². The molecule has 0 bridgehead atoms. The molecule has 1 atom stereocenters. The number of carboxylic acids is 1. The smallest absolute Gasteiger partial charge is 0.526 e. The van der Waals surface area contributed by atoms with Crippen molar-refractivity contribution in [2.45, 2.75) is 69.6 Å². The minimum absolute atomic E-state index is 0.0296. The average molecular weight is 445 g/mol. The van der Waals surface area contributed by atoms with Crippen LogP contribution in [-0.4, -0.2) is 54.7 Å². The summed E-state index contributed by atoms with van der Waals surface area (Å²) in [5.41, 5.74) is 0.744. The number of benzene rings is 1. The molecule has 0 radical (unpaired) electrons. The number of methoxy groups -OCH3 is 1. The van der Waals surface area contributed by atoms with Crippen molar-refractivity contribution in [2.75, 3.05) is 13.7 Å². The molecule has 32 heavy (non-hydrogen) atoms. The molecule has 1 heterocycles. The van der Waals surface area contributed by atoms with Gasteiger partial charge in [0.2, 0.25) is 0 Å². The number of carboxylic acid groups (broad SMARTS) is 1. The summed E-state index contributed by atoms with van der Waals surface area (Å²) in [6.45, 7) is 0.786. The van der Waals surface area contributed by atoms with E-state index in [2.05, 4.69) is 10.1 Å². The van der Waals surface area contributed by atoms with E-state index in [9.17, 15) is 24.5 Å². The first-order valence-corrected chi connectivity index (χ1v) is 11.4. The number of hydrogen-bond donors (Lipinski definition) is 3. The van der Waals surface area contributed by atoms with Crippen molar-refractivity contribution in [1.82, 2.24) is 5.32 Å². The van der Waals surface area contributed by atoms with Gasteiger partial charge in [0.15, 0.2) is 0 Å². The SMILES string of the molecule is COC(=O)CCCNC1CCC(CC(=O)C[C@H]2Cc3cccc(C(=O)O)c3OB2O)CC1. The Hall–Kier alpha value is -2.39. The number of ether oxygens (including phenoxy) is 1. The number of fused-ring (bicyclic) bond motifs is 1. The number of rotatable bonds is 10. The Morgan fingerprint density at radius 2 is 1.94 bits per heavy atom. The average Bonchev–Trinajstić information content (AvgIpc) is 2.77. The standard InChI is InChI=1S/C23H32BNO7/c1-31-21(27)6-3-11-25-18-9-7-15(8-10-18)12-19(26)14-17-13-16-4-2-5-20(23(28)29)22(16)32-24(17)30/h2,4-5,15,17-18,25,30H,3,6-14H2,1H3,(H,28,29)/t15?,17-,18?/m1/s1. The van der Waals surface area contributed by atoms with Crippen molar-refractivity contribution in [3.05, 3.63) is 29.3 Å². The van der Waals surface area contributed by atoms with Gasteiger partial charge >= 0.3 is 19.1 Å². The number of esters is 1. The number of carbonyl (C=O) groups is 3. The molecule has 1 aliphatic carbocycles. The van der Waals surface area contributed by atoms with Crippen molar-refractivity contribution in [3.63, 3.8) is 0 Å². The van der Waals surface area contributed by atoms with Crippen LogP contribution in [0.15, 0.2) is 18.2 Å². The van der Waals surface area contributed by atoms with Gasteiger partial charge in [-0.3, -0.25) is 9.59 Å². The summed E-state index contributed by atoms with van der Waals surface area (Å²) in [6, 6.07) is 5.31. The van der Waals surface area contributed by atoms with Crippen LogP contribution in [0.4, 0.5) is 0 Å². The largest absolute Gasteiger partial charge is 0.535 e. The minimum atomic E-state index is -1.18. The van der Waals surface area contributed by atoms with Gasteiger partial charge in [-0.1, -0.05) is 12.1 Å².